The fraction of sp³-hybridized carbons (Fsp3) is 0.500. The summed E-state index contributed by atoms with van der Waals surface area (Å²) in [5.74, 6) is 0.306. The second-order valence-corrected chi connectivity index (χ2v) is 4.82. The molecule has 6 heteroatoms. The molecule has 0 atom stereocenters. The predicted molar refractivity (Wildman–Crippen MR) is 74.4 cm³/mol. The molecule has 1 aromatic carbocycles. The van der Waals surface area contributed by atoms with Gasteiger partial charge in [0.05, 0.1) is 6.54 Å². The van der Waals surface area contributed by atoms with E-state index in [4.69, 9.17) is 4.74 Å². The highest BCUT2D eigenvalue weighted by Gasteiger charge is 2.18. The van der Waals surface area contributed by atoms with Crippen LogP contribution < -0.4 is 10.1 Å². The number of piperazine rings is 1. The Bertz CT molecular complexity index is 431. The first kappa shape index (κ1) is 14.6. The highest BCUT2D eigenvalue weighted by molar-refractivity contribution is 5.74. The number of benzene rings is 1. The summed E-state index contributed by atoms with van der Waals surface area (Å²) in [6.07, 6.45) is 0. The Labute approximate surface area is 118 Å². The lowest BCUT2D eigenvalue weighted by molar-refractivity contribution is 0.153. The Morgan fingerprint density at radius 3 is 2.55 bits per heavy atom. The Balaban J connectivity index is 1.63. The van der Waals surface area contributed by atoms with Gasteiger partial charge in [0.25, 0.3) is 0 Å². The Kier molecular flexibility index (Phi) is 5.17. The topological polar surface area (TPSA) is 44.8 Å². The van der Waals surface area contributed by atoms with Crippen molar-refractivity contribution in [3.8, 4) is 5.75 Å². The molecule has 0 aliphatic carbocycles. The molecule has 0 unspecified atom stereocenters. The second kappa shape index (κ2) is 7.09. The van der Waals surface area contributed by atoms with Crippen molar-refractivity contribution in [2.24, 2.45) is 0 Å². The minimum Gasteiger partial charge on any atom is -0.492 e. The van der Waals surface area contributed by atoms with Crippen LogP contribution in [-0.2, 0) is 0 Å². The first-order chi connectivity index (χ1) is 9.65. The Morgan fingerprint density at radius 2 is 1.90 bits per heavy atom. The zero-order chi connectivity index (χ0) is 14.4. The molecule has 110 valence electrons. The maximum absolute atomic E-state index is 12.7. The molecule has 1 N–H and O–H groups in total. The molecule has 1 saturated heterocycles. The minimum atomic E-state index is -0.291. The molecule has 1 heterocycles. The van der Waals surface area contributed by atoms with E-state index < -0.39 is 0 Å². The van der Waals surface area contributed by atoms with Crippen molar-refractivity contribution in [1.82, 2.24) is 15.1 Å². The molecule has 1 aliphatic rings. The number of nitrogens with one attached hydrogen (secondary N) is 1. The number of nitrogens with zero attached hydrogens (tertiary/aromatic N) is 2. The predicted octanol–water partition coefficient (Wildman–Crippen LogP) is 1.16. The van der Waals surface area contributed by atoms with Gasteiger partial charge in [-0.25, -0.2) is 9.18 Å². The van der Waals surface area contributed by atoms with Gasteiger partial charge in [0.1, 0.15) is 18.2 Å². The fourth-order valence-corrected chi connectivity index (χ4v) is 1.98. The highest BCUT2D eigenvalue weighted by atomic mass is 19.1. The van der Waals surface area contributed by atoms with Crippen LogP contribution >= 0.6 is 0 Å². The number of carbonyl (C=O) groups excluding carboxylic acids is 1. The molecule has 5 nitrogen and oxygen atoms in total. The maximum atomic E-state index is 12.7. The van der Waals surface area contributed by atoms with E-state index in [0.717, 1.165) is 26.2 Å². The van der Waals surface area contributed by atoms with E-state index in [1.807, 2.05) is 7.05 Å². The molecule has 0 saturated carbocycles. The van der Waals surface area contributed by atoms with Crippen molar-refractivity contribution < 1.29 is 13.9 Å². The van der Waals surface area contributed by atoms with E-state index in [0.29, 0.717) is 18.9 Å². The zero-order valence-corrected chi connectivity index (χ0v) is 11.6. The van der Waals surface area contributed by atoms with Crippen molar-refractivity contribution in [3.63, 3.8) is 0 Å². The maximum Gasteiger partial charge on any atom is 0.317 e. The third-order valence-corrected chi connectivity index (χ3v) is 3.25. The molecule has 0 spiro atoms. The number of rotatable bonds is 4. The van der Waals surface area contributed by atoms with Crippen LogP contribution in [0.3, 0.4) is 0 Å². The third kappa shape index (κ3) is 4.38. The fourth-order valence-electron chi connectivity index (χ4n) is 1.98. The zero-order valence-electron chi connectivity index (χ0n) is 11.6. The molecular formula is C14H20FN3O2. The summed E-state index contributed by atoms with van der Waals surface area (Å²) >= 11 is 0. The lowest BCUT2D eigenvalue weighted by atomic mass is 10.3. The van der Waals surface area contributed by atoms with E-state index in [-0.39, 0.29) is 11.8 Å². The summed E-state index contributed by atoms with van der Waals surface area (Å²) in [6, 6.07) is 5.77. The van der Waals surface area contributed by atoms with E-state index in [1.165, 1.54) is 12.1 Å². The monoisotopic (exact) mass is 281 g/mol. The molecule has 1 fully saturated rings. The SMILES string of the molecule is CN1CCN(C(=O)NCCOc2ccc(F)cc2)CC1. The molecular weight excluding hydrogens is 261 g/mol. The molecule has 0 radical (unpaired) electrons. The highest BCUT2D eigenvalue weighted by Crippen LogP contribution is 2.10. The van der Waals surface area contributed by atoms with Crippen LogP contribution in [0.25, 0.3) is 0 Å². The minimum absolute atomic E-state index is 0.0548. The number of amides is 2. The summed E-state index contributed by atoms with van der Waals surface area (Å²) in [7, 11) is 2.05. The molecule has 1 aromatic rings. The number of likely N-dealkylation sites (N-methyl/N-ethyl adjacent to an activating group) is 1. The number of ether oxygens (including phenoxy) is 1. The van der Waals surface area contributed by atoms with Gasteiger partial charge in [-0.15, -0.1) is 0 Å². The van der Waals surface area contributed by atoms with Gasteiger partial charge in [0.15, 0.2) is 0 Å². The van der Waals surface area contributed by atoms with Crippen LogP contribution in [-0.4, -0.2) is 62.2 Å². The third-order valence-electron chi connectivity index (χ3n) is 3.25. The Hall–Kier alpha value is -1.82. The number of urea groups is 1. The van der Waals surface area contributed by atoms with Gasteiger partial charge in [-0.1, -0.05) is 0 Å². The smallest absolute Gasteiger partial charge is 0.317 e. The van der Waals surface area contributed by atoms with Crippen molar-refractivity contribution in [1.29, 1.82) is 0 Å². The van der Waals surface area contributed by atoms with E-state index >= 15 is 0 Å². The number of hydrogen-bond acceptors (Lipinski definition) is 3. The van der Waals surface area contributed by atoms with E-state index in [9.17, 15) is 9.18 Å². The van der Waals surface area contributed by atoms with Crippen molar-refractivity contribution in [2.75, 3.05) is 46.4 Å². The van der Waals surface area contributed by atoms with Crippen molar-refractivity contribution in [2.45, 2.75) is 0 Å². The number of halogens is 1. The van der Waals surface area contributed by atoms with E-state index in [1.54, 1.807) is 17.0 Å². The molecule has 1 aliphatic heterocycles. The summed E-state index contributed by atoms with van der Waals surface area (Å²) in [4.78, 5) is 15.9. The average molecular weight is 281 g/mol. The van der Waals surface area contributed by atoms with Crippen LogP contribution in [0.15, 0.2) is 24.3 Å². The quantitative estimate of drug-likeness (QED) is 0.842. The largest absolute Gasteiger partial charge is 0.492 e. The molecule has 0 aromatic heterocycles. The van der Waals surface area contributed by atoms with Crippen molar-refractivity contribution in [3.05, 3.63) is 30.1 Å². The van der Waals surface area contributed by atoms with Gasteiger partial charge in [0.2, 0.25) is 0 Å². The van der Waals surface area contributed by atoms with Gasteiger partial charge < -0.3 is 19.9 Å². The van der Waals surface area contributed by atoms with Crippen LogP contribution in [0.2, 0.25) is 0 Å². The Morgan fingerprint density at radius 1 is 1.25 bits per heavy atom. The normalized spacial score (nSPS) is 16.0. The van der Waals surface area contributed by atoms with Crippen LogP contribution in [0.5, 0.6) is 5.75 Å². The van der Waals surface area contributed by atoms with Gasteiger partial charge in [-0.2, -0.15) is 0 Å². The summed E-state index contributed by atoms with van der Waals surface area (Å²) in [6.45, 7) is 4.11. The van der Waals surface area contributed by atoms with Gasteiger partial charge in [0, 0.05) is 26.2 Å². The molecule has 0 bridgehead atoms. The van der Waals surface area contributed by atoms with Crippen LogP contribution in [0.4, 0.5) is 9.18 Å². The number of hydrogen-bond donors (Lipinski definition) is 1. The van der Waals surface area contributed by atoms with E-state index in [2.05, 4.69) is 10.2 Å². The summed E-state index contributed by atoms with van der Waals surface area (Å²) in [5, 5.41) is 2.82. The lowest BCUT2D eigenvalue weighted by Gasteiger charge is -2.32. The second-order valence-electron chi connectivity index (χ2n) is 4.82. The molecule has 2 amide bonds. The van der Waals surface area contributed by atoms with Gasteiger partial charge in [-0.3, -0.25) is 0 Å². The number of carbonyl (C=O) groups is 1. The first-order valence-electron chi connectivity index (χ1n) is 6.75. The van der Waals surface area contributed by atoms with Gasteiger partial charge >= 0.3 is 6.03 Å². The van der Waals surface area contributed by atoms with Crippen LogP contribution in [0, 0.1) is 5.82 Å². The molecule has 20 heavy (non-hydrogen) atoms. The molecule has 2 rings (SSSR count). The standard InChI is InChI=1S/C14H20FN3O2/c1-17-7-9-18(10-8-17)14(19)16-6-11-20-13-4-2-12(15)3-5-13/h2-5H,6-11H2,1H3,(H,16,19). The van der Waals surface area contributed by atoms with Gasteiger partial charge in [-0.05, 0) is 31.3 Å². The van der Waals surface area contributed by atoms with Crippen molar-refractivity contribution >= 4 is 6.03 Å². The summed E-state index contributed by atoms with van der Waals surface area (Å²) < 4.78 is 18.1. The average Bonchev–Trinajstić information content (AvgIpc) is 2.46. The van der Waals surface area contributed by atoms with Crippen LogP contribution in [0.1, 0.15) is 0 Å². The first-order valence-corrected chi connectivity index (χ1v) is 6.75. The lowest BCUT2D eigenvalue weighted by Crippen LogP contribution is -2.51. The summed E-state index contributed by atoms with van der Waals surface area (Å²) in [5.41, 5.74) is 0.